The Morgan fingerprint density at radius 1 is 0.933 bits per heavy atom. The van der Waals surface area contributed by atoms with E-state index in [0.717, 1.165) is 51.4 Å². The Morgan fingerprint density at radius 2 is 1.60 bits per heavy atom. The first-order valence-corrected chi connectivity index (χ1v) is 10.8. The highest BCUT2D eigenvalue weighted by molar-refractivity contribution is 5.97. The molecule has 4 rings (SSSR count). The second-order valence-corrected chi connectivity index (χ2v) is 7.71. The molecular weight excluding hydrogens is 380 g/mol. The Labute approximate surface area is 178 Å². The van der Waals surface area contributed by atoms with E-state index < -0.39 is 0 Å². The van der Waals surface area contributed by atoms with Crippen LogP contribution in [0.15, 0.2) is 54.6 Å². The summed E-state index contributed by atoms with van der Waals surface area (Å²) in [4.78, 5) is 18.1. The predicted octanol–water partition coefficient (Wildman–Crippen LogP) is 3.43. The van der Waals surface area contributed by atoms with Crippen LogP contribution >= 0.6 is 0 Å². The van der Waals surface area contributed by atoms with E-state index in [4.69, 9.17) is 14.2 Å². The zero-order valence-corrected chi connectivity index (χ0v) is 17.4. The van der Waals surface area contributed by atoms with Crippen LogP contribution in [0, 0.1) is 0 Å². The van der Waals surface area contributed by atoms with Gasteiger partial charge in [0.2, 0.25) is 0 Å². The predicted molar refractivity (Wildman–Crippen MR) is 115 cm³/mol. The highest BCUT2D eigenvalue weighted by atomic mass is 16.5. The molecule has 160 valence electrons. The van der Waals surface area contributed by atoms with Gasteiger partial charge in [0.15, 0.2) is 0 Å². The first-order valence-electron chi connectivity index (χ1n) is 10.8. The minimum Gasteiger partial charge on any atom is -0.457 e. The van der Waals surface area contributed by atoms with Crippen LogP contribution in [-0.2, 0) is 9.47 Å². The lowest BCUT2D eigenvalue weighted by molar-refractivity contribution is 0.0140. The molecule has 2 aromatic rings. The summed E-state index contributed by atoms with van der Waals surface area (Å²) in [5.41, 5.74) is 0.606. The van der Waals surface area contributed by atoms with Crippen molar-refractivity contribution in [2.45, 2.75) is 18.9 Å². The normalized spacial score (nSPS) is 18.1. The van der Waals surface area contributed by atoms with Gasteiger partial charge in [-0.1, -0.05) is 30.3 Å². The van der Waals surface area contributed by atoms with E-state index in [1.165, 1.54) is 0 Å². The van der Waals surface area contributed by atoms with E-state index in [-0.39, 0.29) is 11.9 Å². The van der Waals surface area contributed by atoms with Crippen molar-refractivity contribution in [3.63, 3.8) is 0 Å². The summed E-state index contributed by atoms with van der Waals surface area (Å²) in [7, 11) is 0. The van der Waals surface area contributed by atoms with Gasteiger partial charge in [0.25, 0.3) is 5.91 Å². The lowest BCUT2D eigenvalue weighted by Crippen LogP contribution is -2.48. The van der Waals surface area contributed by atoms with Gasteiger partial charge in [-0.15, -0.1) is 0 Å². The summed E-state index contributed by atoms with van der Waals surface area (Å²) < 4.78 is 17.1. The molecule has 2 fully saturated rings. The standard InChI is InChI=1S/C24H30N2O4/c27-24(22-8-4-5-9-23(22)30-21-6-2-1-3-7-21)26(20-10-16-28-17-11-20)13-12-25-14-18-29-19-15-25/h1-9,20H,10-19H2. The van der Waals surface area contributed by atoms with Crippen molar-refractivity contribution in [2.24, 2.45) is 0 Å². The average Bonchev–Trinajstić information content (AvgIpc) is 2.81. The van der Waals surface area contributed by atoms with Crippen molar-refractivity contribution in [1.82, 2.24) is 9.80 Å². The number of nitrogens with zero attached hydrogens (tertiary/aromatic N) is 2. The molecule has 2 heterocycles. The van der Waals surface area contributed by atoms with Crippen molar-refractivity contribution in [3.05, 3.63) is 60.2 Å². The minimum atomic E-state index is 0.0293. The molecule has 6 nitrogen and oxygen atoms in total. The summed E-state index contributed by atoms with van der Waals surface area (Å²) in [6, 6.07) is 17.3. The van der Waals surface area contributed by atoms with Gasteiger partial charge in [-0.25, -0.2) is 0 Å². The molecular formula is C24H30N2O4. The van der Waals surface area contributed by atoms with E-state index in [9.17, 15) is 4.79 Å². The molecule has 1 amide bonds. The number of hydrogen-bond donors (Lipinski definition) is 0. The third-order valence-electron chi connectivity index (χ3n) is 5.74. The number of hydrogen-bond acceptors (Lipinski definition) is 5. The van der Waals surface area contributed by atoms with Crippen LogP contribution in [0.25, 0.3) is 0 Å². The summed E-state index contributed by atoms with van der Waals surface area (Å²) in [5.74, 6) is 1.35. The van der Waals surface area contributed by atoms with Crippen LogP contribution < -0.4 is 4.74 Å². The number of para-hydroxylation sites is 2. The van der Waals surface area contributed by atoms with Gasteiger partial charge in [-0.2, -0.15) is 0 Å². The fraction of sp³-hybridized carbons (Fsp3) is 0.458. The van der Waals surface area contributed by atoms with Crippen LogP contribution in [-0.4, -0.2) is 74.4 Å². The molecule has 30 heavy (non-hydrogen) atoms. The molecule has 0 saturated carbocycles. The molecule has 2 aliphatic rings. The molecule has 2 aliphatic heterocycles. The summed E-state index contributed by atoms with van der Waals surface area (Å²) >= 11 is 0. The SMILES string of the molecule is O=C(c1ccccc1Oc1ccccc1)N(CCN1CCOCC1)C1CCOCC1. The number of ether oxygens (including phenoxy) is 3. The zero-order valence-electron chi connectivity index (χ0n) is 17.4. The third-order valence-corrected chi connectivity index (χ3v) is 5.74. The number of carbonyl (C=O) groups excluding carboxylic acids is 1. The first kappa shape index (κ1) is 20.8. The number of benzene rings is 2. The molecule has 0 aliphatic carbocycles. The Bertz CT molecular complexity index is 802. The molecule has 0 spiro atoms. The van der Waals surface area contributed by atoms with Gasteiger partial charge >= 0.3 is 0 Å². The molecule has 0 aromatic heterocycles. The van der Waals surface area contributed by atoms with Gasteiger partial charge in [0.05, 0.1) is 18.8 Å². The number of rotatable bonds is 7. The molecule has 0 unspecified atom stereocenters. The van der Waals surface area contributed by atoms with Crippen molar-refractivity contribution >= 4 is 5.91 Å². The molecule has 0 radical (unpaired) electrons. The monoisotopic (exact) mass is 410 g/mol. The van der Waals surface area contributed by atoms with Gasteiger partial charge in [-0.3, -0.25) is 9.69 Å². The third kappa shape index (κ3) is 5.39. The molecule has 2 aromatic carbocycles. The highest BCUT2D eigenvalue weighted by Crippen LogP contribution is 2.28. The van der Waals surface area contributed by atoms with Crippen LogP contribution in [0.3, 0.4) is 0 Å². The summed E-state index contributed by atoms with van der Waals surface area (Å²) in [6.07, 6.45) is 1.74. The van der Waals surface area contributed by atoms with Crippen LogP contribution in [0.2, 0.25) is 0 Å². The van der Waals surface area contributed by atoms with Crippen molar-refractivity contribution < 1.29 is 19.0 Å². The Hall–Kier alpha value is -2.41. The average molecular weight is 411 g/mol. The molecule has 2 saturated heterocycles. The van der Waals surface area contributed by atoms with Crippen molar-refractivity contribution in [2.75, 3.05) is 52.6 Å². The second-order valence-electron chi connectivity index (χ2n) is 7.71. The number of carbonyl (C=O) groups is 1. The zero-order chi connectivity index (χ0) is 20.6. The van der Waals surface area contributed by atoms with Gasteiger partial charge in [0, 0.05) is 45.4 Å². The summed E-state index contributed by atoms with van der Waals surface area (Å²) in [6.45, 7) is 6.32. The largest absolute Gasteiger partial charge is 0.457 e. The topological polar surface area (TPSA) is 51.2 Å². The molecule has 0 N–H and O–H groups in total. The number of morpholine rings is 1. The Morgan fingerprint density at radius 3 is 2.37 bits per heavy atom. The highest BCUT2D eigenvalue weighted by Gasteiger charge is 2.29. The van der Waals surface area contributed by atoms with E-state index in [1.54, 1.807) is 0 Å². The van der Waals surface area contributed by atoms with E-state index in [0.29, 0.717) is 31.1 Å². The fourth-order valence-corrected chi connectivity index (χ4v) is 4.02. The lowest BCUT2D eigenvalue weighted by Gasteiger charge is -2.36. The van der Waals surface area contributed by atoms with E-state index >= 15 is 0 Å². The fourth-order valence-electron chi connectivity index (χ4n) is 4.02. The van der Waals surface area contributed by atoms with Crippen molar-refractivity contribution in [3.8, 4) is 11.5 Å². The van der Waals surface area contributed by atoms with Crippen LogP contribution in [0.5, 0.6) is 11.5 Å². The Kier molecular flexibility index (Phi) is 7.34. The first-order chi connectivity index (χ1) is 14.8. The summed E-state index contributed by atoms with van der Waals surface area (Å²) in [5, 5.41) is 0. The maximum Gasteiger partial charge on any atom is 0.257 e. The quantitative estimate of drug-likeness (QED) is 0.700. The van der Waals surface area contributed by atoms with Gasteiger partial charge in [0.1, 0.15) is 11.5 Å². The maximum absolute atomic E-state index is 13.7. The van der Waals surface area contributed by atoms with Crippen LogP contribution in [0.4, 0.5) is 0 Å². The maximum atomic E-state index is 13.7. The number of amides is 1. The smallest absolute Gasteiger partial charge is 0.257 e. The molecule has 0 atom stereocenters. The van der Waals surface area contributed by atoms with Crippen molar-refractivity contribution in [1.29, 1.82) is 0 Å². The Balaban J connectivity index is 1.53. The van der Waals surface area contributed by atoms with Gasteiger partial charge in [-0.05, 0) is 37.1 Å². The second kappa shape index (κ2) is 10.6. The van der Waals surface area contributed by atoms with E-state index in [2.05, 4.69) is 4.90 Å². The van der Waals surface area contributed by atoms with E-state index in [1.807, 2.05) is 59.5 Å². The minimum absolute atomic E-state index is 0.0293. The molecule has 6 heteroatoms. The lowest BCUT2D eigenvalue weighted by atomic mass is 10.0. The van der Waals surface area contributed by atoms with Crippen LogP contribution in [0.1, 0.15) is 23.2 Å². The molecule has 0 bridgehead atoms. The van der Waals surface area contributed by atoms with Gasteiger partial charge < -0.3 is 19.1 Å².